The Morgan fingerprint density at radius 3 is 2.29 bits per heavy atom. The minimum absolute atomic E-state index is 0.342. The highest BCUT2D eigenvalue weighted by Crippen LogP contribution is 2.41. The second kappa shape index (κ2) is 9.01. The molecule has 0 heterocycles. The molecule has 0 radical (unpaired) electrons. The Balaban J connectivity index is 2.40. The summed E-state index contributed by atoms with van der Waals surface area (Å²) in [5.74, 6) is 1.52. The third kappa shape index (κ3) is 4.31. The molecule has 5 nitrogen and oxygen atoms in total. The number of ether oxygens (including phenoxy) is 4. The number of carbonyl (C=O) groups excluding carboxylic acids is 1. The monoisotopic (exact) mass is 332 g/mol. The van der Waals surface area contributed by atoms with E-state index >= 15 is 0 Å². The zero-order valence-corrected chi connectivity index (χ0v) is 14.5. The van der Waals surface area contributed by atoms with Crippen molar-refractivity contribution in [2.75, 3.05) is 19.8 Å². The quantitative estimate of drug-likeness (QED) is 0.389. The van der Waals surface area contributed by atoms with Crippen LogP contribution in [0.4, 0.5) is 4.79 Å². The van der Waals surface area contributed by atoms with E-state index in [4.69, 9.17) is 18.9 Å². The van der Waals surface area contributed by atoms with Crippen LogP contribution in [0.15, 0.2) is 30.3 Å². The van der Waals surface area contributed by atoms with Crippen LogP contribution in [0.5, 0.6) is 17.2 Å². The largest absolute Gasteiger partial charge is 0.513 e. The van der Waals surface area contributed by atoms with Gasteiger partial charge in [-0.2, -0.15) is 0 Å². The van der Waals surface area contributed by atoms with Crippen LogP contribution >= 0.6 is 0 Å². The predicted molar refractivity (Wildman–Crippen MR) is 93.2 cm³/mol. The van der Waals surface area contributed by atoms with E-state index in [9.17, 15) is 4.79 Å². The summed E-state index contributed by atoms with van der Waals surface area (Å²) in [6.07, 6.45) is 1.03. The smallest absolute Gasteiger partial charge is 0.493 e. The molecule has 0 bridgehead atoms. The molecule has 0 aromatic heterocycles. The van der Waals surface area contributed by atoms with Crippen molar-refractivity contribution in [2.45, 2.75) is 33.6 Å². The second-order valence-electron chi connectivity index (χ2n) is 5.17. The van der Waals surface area contributed by atoms with Gasteiger partial charge >= 0.3 is 6.16 Å². The molecule has 2 aromatic carbocycles. The standard InChI is InChI=1S/C19H24O5/c1-4-7-12-23-19(20)24-18-15-11-9-8-10-14(15)16(21-5-2)13-17(18)22-6-3/h8-11,13H,4-7,12H2,1-3H3. The van der Waals surface area contributed by atoms with Crippen molar-refractivity contribution in [3.05, 3.63) is 30.3 Å². The third-order valence-corrected chi connectivity index (χ3v) is 3.43. The summed E-state index contributed by atoms with van der Waals surface area (Å²) in [7, 11) is 0. The average molecular weight is 332 g/mol. The number of rotatable bonds is 8. The molecule has 0 N–H and O–H groups in total. The van der Waals surface area contributed by atoms with Crippen molar-refractivity contribution in [2.24, 2.45) is 0 Å². The van der Waals surface area contributed by atoms with Gasteiger partial charge in [-0.05, 0) is 20.3 Å². The molecular formula is C19H24O5. The SMILES string of the molecule is CCCCOC(=O)Oc1c(OCC)cc(OCC)c2ccccc12. The Morgan fingerprint density at radius 1 is 0.958 bits per heavy atom. The molecule has 0 saturated heterocycles. The van der Waals surface area contributed by atoms with Gasteiger partial charge in [-0.1, -0.05) is 37.6 Å². The highest BCUT2D eigenvalue weighted by molar-refractivity contribution is 5.96. The summed E-state index contributed by atoms with van der Waals surface area (Å²) in [6.45, 7) is 7.15. The lowest BCUT2D eigenvalue weighted by Gasteiger charge is -2.16. The van der Waals surface area contributed by atoms with Gasteiger partial charge in [0.15, 0.2) is 11.5 Å². The van der Waals surface area contributed by atoms with Crippen molar-refractivity contribution in [3.63, 3.8) is 0 Å². The van der Waals surface area contributed by atoms with E-state index in [0.717, 1.165) is 23.6 Å². The summed E-state index contributed by atoms with van der Waals surface area (Å²) < 4.78 is 21.9. The highest BCUT2D eigenvalue weighted by Gasteiger charge is 2.18. The molecule has 2 aromatic rings. The van der Waals surface area contributed by atoms with Crippen LogP contribution in [0.1, 0.15) is 33.6 Å². The molecule has 0 aliphatic rings. The molecule has 0 amide bonds. The van der Waals surface area contributed by atoms with Crippen LogP contribution < -0.4 is 14.2 Å². The van der Waals surface area contributed by atoms with E-state index in [2.05, 4.69) is 0 Å². The van der Waals surface area contributed by atoms with Crippen LogP contribution in [0.2, 0.25) is 0 Å². The number of fused-ring (bicyclic) bond motifs is 1. The van der Waals surface area contributed by atoms with Gasteiger partial charge in [-0.15, -0.1) is 0 Å². The summed E-state index contributed by atoms with van der Waals surface area (Å²) in [5, 5.41) is 1.61. The highest BCUT2D eigenvalue weighted by atomic mass is 16.7. The normalized spacial score (nSPS) is 10.5. The van der Waals surface area contributed by atoms with Crippen LogP contribution in [-0.2, 0) is 4.74 Å². The Labute approximate surface area is 142 Å². The summed E-state index contributed by atoms with van der Waals surface area (Å²) in [6, 6.07) is 9.34. The van der Waals surface area contributed by atoms with Gasteiger partial charge < -0.3 is 18.9 Å². The molecule has 0 fully saturated rings. The fourth-order valence-corrected chi connectivity index (χ4v) is 2.35. The zero-order chi connectivity index (χ0) is 17.4. The maximum atomic E-state index is 12.0. The third-order valence-electron chi connectivity index (χ3n) is 3.43. The molecule has 0 saturated carbocycles. The first kappa shape index (κ1) is 17.9. The average Bonchev–Trinajstić information content (AvgIpc) is 2.59. The lowest BCUT2D eigenvalue weighted by Crippen LogP contribution is -2.12. The van der Waals surface area contributed by atoms with Gasteiger partial charge in [-0.25, -0.2) is 4.79 Å². The van der Waals surface area contributed by atoms with Crippen molar-refractivity contribution >= 4 is 16.9 Å². The fourth-order valence-electron chi connectivity index (χ4n) is 2.35. The van der Waals surface area contributed by atoms with Crippen molar-refractivity contribution in [1.82, 2.24) is 0 Å². The predicted octanol–water partition coefficient (Wildman–Crippen LogP) is 4.95. The first-order valence-corrected chi connectivity index (χ1v) is 8.37. The van der Waals surface area contributed by atoms with Crippen LogP contribution in [-0.4, -0.2) is 26.0 Å². The Hall–Kier alpha value is -2.43. The maximum Gasteiger partial charge on any atom is 0.513 e. The first-order chi connectivity index (χ1) is 11.7. The van der Waals surface area contributed by atoms with Gasteiger partial charge in [0.25, 0.3) is 0 Å². The topological polar surface area (TPSA) is 54.0 Å². The second-order valence-corrected chi connectivity index (χ2v) is 5.17. The van der Waals surface area contributed by atoms with E-state index in [1.54, 1.807) is 6.07 Å². The zero-order valence-electron chi connectivity index (χ0n) is 14.5. The Morgan fingerprint density at radius 2 is 1.62 bits per heavy atom. The van der Waals surface area contributed by atoms with E-state index < -0.39 is 6.16 Å². The van der Waals surface area contributed by atoms with Gasteiger partial charge in [0.05, 0.1) is 19.8 Å². The summed E-state index contributed by atoms with van der Waals surface area (Å²) in [4.78, 5) is 12.0. The number of hydrogen-bond donors (Lipinski definition) is 0. The van der Waals surface area contributed by atoms with E-state index in [-0.39, 0.29) is 0 Å². The molecule has 2 rings (SSSR count). The molecule has 0 unspecified atom stereocenters. The Bertz CT molecular complexity index is 681. The molecule has 0 aliphatic heterocycles. The molecule has 0 aliphatic carbocycles. The maximum absolute atomic E-state index is 12.0. The first-order valence-electron chi connectivity index (χ1n) is 8.37. The van der Waals surface area contributed by atoms with Crippen molar-refractivity contribution in [1.29, 1.82) is 0 Å². The van der Waals surface area contributed by atoms with E-state index in [1.807, 2.05) is 45.0 Å². The lowest BCUT2D eigenvalue weighted by atomic mass is 10.1. The molecule has 24 heavy (non-hydrogen) atoms. The van der Waals surface area contributed by atoms with Gasteiger partial charge in [0.1, 0.15) is 5.75 Å². The van der Waals surface area contributed by atoms with Crippen molar-refractivity contribution < 1.29 is 23.7 Å². The number of hydrogen-bond acceptors (Lipinski definition) is 5. The number of benzene rings is 2. The fraction of sp³-hybridized carbons (Fsp3) is 0.421. The minimum atomic E-state index is -0.723. The molecule has 130 valence electrons. The molecular weight excluding hydrogens is 308 g/mol. The molecule has 0 atom stereocenters. The number of carbonyl (C=O) groups is 1. The van der Waals surface area contributed by atoms with Crippen molar-refractivity contribution in [3.8, 4) is 17.2 Å². The minimum Gasteiger partial charge on any atom is -0.493 e. The van der Waals surface area contributed by atoms with E-state index in [0.29, 0.717) is 37.1 Å². The lowest BCUT2D eigenvalue weighted by molar-refractivity contribution is 0.0969. The Kier molecular flexibility index (Phi) is 6.73. The van der Waals surface area contributed by atoms with Gasteiger partial charge in [0.2, 0.25) is 0 Å². The molecule has 5 heteroatoms. The number of unbranched alkanes of at least 4 members (excludes halogenated alkanes) is 1. The van der Waals surface area contributed by atoms with Gasteiger partial charge in [0, 0.05) is 16.8 Å². The summed E-state index contributed by atoms with van der Waals surface area (Å²) >= 11 is 0. The summed E-state index contributed by atoms with van der Waals surface area (Å²) in [5.41, 5.74) is 0. The van der Waals surface area contributed by atoms with Crippen LogP contribution in [0, 0.1) is 0 Å². The molecule has 0 spiro atoms. The van der Waals surface area contributed by atoms with Crippen LogP contribution in [0.3, 0.4) is 0 Å². The van der Waals surface area contributed by atoms with Gasteiger partial charge in [-0.3, -0.25) is 0 Å². The van der Waals surface area contributed by atoms with Crippen LogP contribution in [0.25, 0.3) is 10.8 Å². The van der Waals surface area contributed by atoms with E-state index in [1.165, 1.54) is 0 Å².